The van der Waals surface area contributed by atoms with Crippen LogP contribution < -0.4 is 0 Å². The van der Waals surface area contributed by atoms with Crippen LogP contribution in [0, 0.1) is 0 Å². The van der Waals surface area contributed by atoms with Crippen LogP contribution in [0.2, 0.25) is 0 Å². The summed E-state index contributed by atoms with van der Waals surface area (Å²) in [6, 6.07) is 0. The van der Waals surface area contributed by atoms with Gasteiger partial charge < -0.3 is 0 Å². The van der Waals surface area contributed by atoms with E-state index in [2.05, 4.69) is 3.87 Å². The molecule has 0 aromatic heterocycles. The van der Waals surface area contributed by atoms with Crippen LogP contribution in [-0.4, -0.2) is 23.7 Å². The van der Waals surface area contributed by atoms with Crippen molar-refractivity contribution in [2.24, 2.45) is 0 Å². The van der Waals surface area contributed by atoms with E-state index in [1.807, 2.05) is 0 Å². The summed E-state index contributed by atoms with van der Waals surface area (Å²) in [6.07, 6.45) is 0. The van der Waals surface area contributed by atoms with E-state index in [9.17, 15) is 21.1 Å². The van der Waals surface area contributed by atoms with Crippen molar-refractivity contribution in [3.63, 3.8) is 0 Å². The van der Waals surface area contributed by atoms with E-state index in [4.69, 9.17) is 0 Å². The highest BCUT2D eigenvalue weighted by molar-refractivity contribution is 7.82. The van der Waals surface area contributed by atoms with E-state index in [1.54, 1.807) is 0 Å². The summed E-state index contributed by atoms with van der Waals surface area (Å²) in [6.45, 7) is 0.477. The molecular formula is C2H5F3O3SSi. The molecule has 0 amide bonds. The second-order valence-electron chi connectivity index (χ2n) is 1.73. The fourth-order valence-corrected chi connectivity index (χ4v) is 1.56. The number of halogens is 3. The Morgan fingerprint density at radius 1 is 1.50 bits per heavy atom. The second kappa shape index (κ2) is 2.89. The molecule has 0 N–H and O–H groups in total. The number of hydrogen-bond acceptors (Lipinski definition) is 3. The van der Waals surface area contributed by atoms with E-state index in [0.29, 0.717) is 6.92 Å². The molecule has 0 heterocycles. The molecule has 0 aliphatic heterocycles. The molecule has 0 radical (unpaired) electrons. The Labute approximate surface area is 58.5 Å². The topological polar surface area (TPSA) is 43.4 Å². The van der Waals surface area contributed by atoms with Crippen molar-refractivity contribution in [2.45, 2.75) is 12.5 Å². The molecule has 0 aromatic rings. The van der Waals surface area contributed by atoms with E-state index in [1.165, 1.54) is 0 Å². The normalized spacial score (nSPS) is 14.8. The quantitative estimate of drug-likeness (QED) is 0.466. The van der Waals surface area contributed by atoms with Crippen molar-refractivity contribution in [3.05, 3.63) is 0 Å². The minimum atomic E-state index is -5.18. The molecular weight excluding hydrogens is 189 g/mol. The lowest BCUT2D eigenvalue weighted by Gasteiger charge is -2.05. The molecule has 0 aliphatic carbocycles. The van der Waals surface area contributed by atoms with Gasteiger partial charge in [0, 0.05) is 0 Å². The highest BCUT2D eigenvalue weighted by Gasteiger charge is 2.26. The molecule has 0 fully saturated rings. The largest absolute Gasteiger partial charge is 0.427 e. The van der Waals surface area contributed by atoms with Gasteiger partial charge >= 0.3 is 10.5 Å². The molecule has 62 valence electrons. The first-order chi connectivity index (χ1) is 4.21. The van der Waals surface area contributed by atoms with Crippen molar-refractivity contribution in [3.8, 4) is 0 Å². The van der Waals surface area contributed by atoms with Gasteiger partial charge in [0.05, 0.1) is 0 Å². The van der Waals surface area contributed by atoms with Gasteiger partial charge in [-0.1, -0.05) is 3.89 Å². The molecule has 0 aliphatic rings. The van der Waals surface area contributed by atoms with Crippen LogP contribution >= 0.6 is 0 Å². The SMILES string of the molecule is CC(F)(F)[SiH2]OS(=O)(=O)F. The number of hydrogen-bond donors (Lipinski definition) is 0. The molecule has 0 saturated carbocycles. The third-order valence-corrected chi connectivity index (χ3v) is 2.56. The molecule has 10 heavy (non-hydrogen) atoms. The van der Waals surface area contributed by atoms with Gasteiger partial charge in [0.15, 0.2) is 0 Å². The molecule has 0 bridgehead atoms. The third kappa shape index (κ3) is 7.92. The van der Waals surface area contributed by atoms with Gasteiger partial charge in [-0.05, 0) is 6.92 Å². The van der Waals surface area contributed by atoms with Gasteiger partial charge in [-0.15, -0.1) is 0 Å². The minimum Gasteiger partial charge on any atom is -0.291 e. The second-order valence-corrected chi connectivity index (χ2v) is 4.98. The summed E-state index contributed by atoms with van der Waals surface area (Å²) in [7, 11) is -7.83. The zero-order valence-corrected chi connectivity index (χ0v) is 7.20. The third-order valence-electron chi connectivity index (χ3n) is 0.453. The average Bonchev–Trinajstić information content (AvgIpc) is 1.57. The Kier molecular flexibility index (Phi) is 2.86. The molecule has 0 atom stereocenters. The Morgan fingerprint density at radius 2 is 1.90 bits per heavy atom. The van der Waals surface area contributed by atoms with Crippen LogP contribution in [0.25, 0.3) is 0 Å². The van der Waals surface area contributed by atoms with Gasteiger partial charge in [0.2, 0.25) is 5.55 Å². The van der Waals surface area contributed by atoms with Crippen molar-refractivity contribution in [1.29, 1.82) is 0 Å². The summed E-state index contributed by atoms with van der Waals surface area (Å²) in [5, 5.41) is 0. The van der Waals surface area contributed by atoms with Crippen LogP contribution in [0.5, 0.6) is 0 Å². The molecule has 8 heteroatoms. The van der Waals surface area contributed by atoms with Gasteiger partial charge in [-0.2, -0.15) is 8.42 Å². The fraction of sp³-hybridized carbons (Fsp3) is 1.00. The van der Waals surface area contributed by atoms with Crippen molar-refractivity contribution >= 4 is 20.3 Å². The van der Waals surface area contributed by atoms with Crippen molar-refractivity contribution in [2.75, 3.05) is 0 Å². The summed E-state index contributed by atoms with van der Waals surface area (Å²) in [4.78, 5) is 0. The summed E-state index contributed by atoms with van der Waals surface area (Å²) >= 11 is 0. The lowest BCUT2D eigenvalue weighted by atomic mass is 10.8. The number of rotatable bonds is 3. The molecule has 0 spiro atoms. The Morgan fingerprint density at radius 3 is 2.00 bits per heavy atom. The zero-order valence-electron chi connectivity index (χ0n) is 4.97. The first-order valence-corrected chi connectivity index (χ1v) is 4.77. The van der Waals surface area contributed by atoms with Crippen molar-refractivity contribution in [1.82, 2.24) is 0 Å². The first-order valence-electron chi connectivity index (χ1n) is 2.17. The van der Waals surface area contributed by atoms with Gasteiger partial charge in [0.1, 0.15) is 0 Å². The standard InChI is InChI=1S/C2H5F3O3SSi/c1-2(3,4)10-8-9(5,6)7/h10H2,1H3. The maximum Gasteiger partial charge on any atom is 0.427 e. The maximum atomic E-state index is 11.8. The zero-order chi connectivity index (χ0) is 8.41. The maximum absolute atomic E-state index is 11.8. The van der Waals surface area contributed by atoms with E-state index in [-0.39, 0.29) is 0 Å². The number of alkyl halides is 2. The fourth-order valence-electron chi connectivity index (χ4n) is 0.174. The Hall–Kier alpha value is -0.0831. The molecule has 0 rings (SSSR count). The summed E-state index contributed by atoms with van der Waals surface area (Å²) in [5.74, 6) is 0. The van der Waals surface area contributed by atoms with Gasteiger partial charge in [0.25, 0.3) is 9.76 Å². The van der Waals surface area contributed by atoms with Crippen LogP contribution in [0.15, 0.2) is 0 Å². The lowest BCUT2D eigenvalue weighted by molar-refractivity contribution is 0.102. The predicted octanol–water partition coefficient (Wildman–Crippen LogP) is -0.0862. The van der Waals surface area contributed by atoms with Crippen LogP contribution in [-0.2, 0) is 14.4 Å². The smallest absolute Gasteiger partial charge is 0.291 e. The highest BCUT2D eigenvalue weighted by atomic mass is 32.3. The molecule has 0 aromatic carbocycles. The van der Waals surface area contributed by atoms with Crippen LogP contribution in [0.3, 0.4) is 0 Å². The van der Waals surface area contributed by atoms with Crippen molar-refractivity contribution < 1.29 is 25.0 Å². The van der Waals surface area contributed by atoms with E-state index in [0.717, 1.165) is 0 Å². The first kappa shape index (κ1) is 9.92. The van der Waals surface area contributed by atoms with Gasteiger partial charge in [-0.25, -0.2) is 8.78 Å². The van der Waals surface area contributed by atoms with Crippen LogP contribution in [0.1, 0.15) is 6.92 Å². The summed E-state index contributed by atoms with van der Waals surface area (Å²) < 4.78 is 57.2. The van der Waals surface area contributed by atoms with Gasteiger partial charge in [-0.3, -0.25) is 3.87 Å². The lowest BCUT2D eigenvalue weighted by Crippen LogP contribution is -2.24. The van der Waals surface area contributed by atoms with Crippen LogP contribution in [0.4, 0.5) is 12.7 Å². The summed E-state index contributed by atoms with van der Waals surface area (Å²) in [5.41, 5.74) is -3.20. The predicted molar refractivity (Wildman–Crippen MR) is 30.3 cm³/mol. The molecule has 3 nitrogen and oxygen atoms in total. The molecule has 0 saturated heterocycles. The van der Waals surface area contributed by atoms with E-state index >= 15 is 0 Å². The van der Waals surface area contributed by atoms with E-state index < -0.39 is 25.8 Å². The average molecular weight is 194 g/mol. The monoisotopic (exact) mass is 194 g/mol. The molecule has 0 unspecified atom stereocenters. The Balaban J connectivity index is 3.79. The Bertz CT molecular complexity index is 194. The minimum absolute atomic E-state index is 0.477. The highest BCUT2D eigenvalue weighted by Crippen LogP contribution is 2.10.